The van der Waals surface area contributed by atoms with Crippen LogP contribution in [-0.4, -0.2) is 74.2 Å². The molecule has 2 amide bonds. The van der Waals surface area contributed by atoms with Gasteiger partial charge in [0.05, 0.1) is 0 Å². The van der Waals surface area contributed by atoms with E-state index in [1.54, 1.807) is 0 Å². The highest BCUT2D eigenvalue weighted by Gasteiger charge is 2.54. The van der Waals surface area contributed by atoms with Crippen molar-refractivity contribution in [2.75, 3.05) is 18.1 Å². The normalized spacial score (nSPS) is 20.0. The number of fused-ring (bicyclic) bond motifs is 1. The molecule has 2 aliphatic heterocycles. The summed E-state index contributed by atoms with van der Waals surface area (Å²) in [5, 5.41) is 16.6. The first-order valence-electron chi connectivity index (χ1n) is 9.59. The van der Waals surface area contributed by atoms with E-state index in [9.17, 15) is 29.1 Å². The van der Waals surface area contributed by atoms with E-state index in [1.165, 1.54) is 36.2 Å². The van der Waals surface area contributed by atoms with Crippen molar-refractivity contribution in [2.24, 2.45) is 5.16 Å². The number of thioether (sulfide) groups is 1. The van der Waals surface area contributed by atoms with E-state index in [0.29, 0.717) is 5.57 Å². The summed E-state index contributed by atoms with van der Waals surface area (Å²) in [6.07, 6.45) is 2.95. The van der Waals surface area contributed by atoms with Crippen LogP contribution in [-0.2, 0) is 33.5 Å². The summed E-state index contributed by atoms with van der Waals surface area (Å²) in [5.74, 6) is -3.82. The number of rotatable bonds is 8. The third-order valence-corrected chi connectivity index (χ3v) is 6.41. The molecule has 1 aromatic heterocycles. The third-order valence-electron chi connectivity index (χ3n) is 4.43. The van der Waals surface area contributed by atoms with E-state index in [1.807, 2.05) is 0 Å². The van der Waals surface area contributed by atoms with Gasteiger partial charge in [-0.05, 0) is 11.6 Å². The standard InChI is InChI=1S/C19H19N5O8S2/c1-8(25)31-5-3-4-10-6-33-17-13(16(28)24(17)14(10)18(29)30)22-15(27)12(23-32-9(2)26)11-7-34-19(20)21-11/h3-4,7,13,17H,5-6H2,1-2H3,(H2,20,21)(H,22,27)(H,29,30)/b4-3-,23-12-/t13-,17-/m1/s1. The summed E-state index contributed by atoms with van der Waals surface area (Å²) in [4.78, 5) is 69.1. The number of esters is 1. The molecule has 13 nitrogen and oxygen atoms in total. The maximum atomic E-state index is 12.8. The molecule has 4 N–H and O–H groups in total. The monoisotopic (exact) mass is 509 g/mol. The smallest absolute Gasteiger partial charge is 0.352 e. The first-order valence-corrected chi connectivity index (χ1v) is 11.5. The molecule has 1 saturated heterocycles. The lowest BCUT2D eigenvalue weighted by Gasteiger charge is -2.49. The van der Waals surface area contributed by atoms with Crippen LogP contribution in [0.3, 0.4) is 0 Å². The van der Waals surface area contributed by atoms with Gasteiger partial charge in [-0.25, -0.2) is 14.6 Å². The summed E-state index contributed by atoms with van der Waals surface area (Å²) in [6.45, 7) is 2.30. The Hall–Kier alpha value is -3.72. The Bertz CT molecular complexity index is 1140. The highest BCUT2D eigenvalue weighted by Crippen LogP contribution is 2.40. The van der Waals surface area contributed by atoms with E-state index < -0.39 is 41.1 Å². The fourth-order valence-corrected chi connectivity index (χ4v) is 4.91. The van der Waals surface area contributed by atoms with E-state index in [2.05, 4.69) is 20.3 Å². The molecule has 180 valence electrons. The summed E-state index contributed by atoms with van der Waals surface area (Å²) in [5.41, 5.74) is 5.41. The molecule has 0 bridgehead atoms. The fourth-order valence-electron chi connectivity index (χ4n) is 3.05. The number of hydrogen-bond acceptors (Lipinski definition) is 12. The average Bonchev–Trinajstić information content (AvgIpc) is 3.19. The molecular weight excluding hydrogens is 490 g/mol. The number of ether oxygens (including phenoxy) is 1. The van der Waals surface area contributed by atoms with Crippen molar-refractivity contribution in [2.45, 2.75) is 25.3 Å². The Morgan fingerprint density at radius 3 is 2.68 bits per heavy atom. The van der Waals surface area contributed by atoms with Crippen LogP contribution in [0.5, 0.6) is 0 Å². The number of nitrogen functional groups attached to an aromatic ring is 1. The Morgan fingerprint density at radius 2 is 2.09 bits per heavy atom. The number of amides is 2. The fraction of sp³-hybridized carbons (Fsp3) is 0.316. The predicted molar refractivity (Wildman–Crippen MR) is 120 cm³/mol. The van der Waals surface area contributed by atoms with Crippen molar-refractivity contribution >= 4 is 63.7 Å². The van der Waals surface area contributed by atoms with E-state index >= 15 is 0 Å². The molecule has 3 heterocycles. The number of anilines is 1. The van der Waals surface area contributed by atoms with Gasteiger partial charge in [0.25, 0.3) is 11.8 Å². The first-order chi connectivity index (χ1) is 16.1. The zero-order chi connectivity index (χ0) is 25.0. The van der Waals surface area contributed by atoms with E-state index in [0.717, 1.165) is 23.2 Å². The number of aromatic nitrogens is 1. The van der Waals surface area contributed by atoms with Crippen LogP contribution < -0.4 is 11.1 Å². The molecule has 0 unspecified atom stereocenters. The molecular formula is C19H19N5O8S2. The molecule has 0 aliphatic carbocycles. The second kappa shape index (κ2) is 10.5. The summed E-state index contributed by atoms with van der Waals surface area (Å²) < 4.78 is 4.78. The predicted octanol–water partition coefficient (Wildman–Crippen LogP) is -0.150. The van der Waals surface area contributed by atoms with Gasteiger partial charge < -0.3 is 25.7 Å². The summed E-state index contributed by atoms with van der Waals surface area (Å²) >= 11 is 2.28. The van der Waals surface area contributed by atoms with Gasteiger partial charge in [0.1, 0.15) is 29.4 Å². The number of carbonyl (C=O) groups is 5. The number of nitrogens with two attached hydrogens (primary N) is 1. The van der Waals surface area contributed by atoms with Crippen molar-refractivity contribution in [3.8, 4) is 0 Å². The SMILES string of the molecule is CC(=O)OC/C=C\C1=C(C(=O)O)N2C(=O)[C@@H](NC(=O)/C(=N\OC(C)=O)c3csc(N)n3)[C@H]2SC1. The van der Waals surface area contributed by atoms with Crippen molar-refractivity contribution in [1.29, 1.82) is 0 Å². The van der Waals surface area contributed by atoms with Gasteiger partial charge in [-0.1, -0.05) is 11.2 Å². The Kier molecular flexibility index (Phi) is 7.68. The van der Waals surface area contributed by atoms with Gasteiger partial charge >= 0.3 is 17.9 Å². The number of carboxylic acid groups (broad SMARTS) is 1. The minimum absolute atomic E-state index is 0.0436. The number of allylic oxidation sites excluding steroid dienone is 1. The Morgan fingerprint density at radius 1 is 1.35 bits per heavy atom. The number of nitrogens with zero attached hydrogens (tertiary/aromatic N) is 3. The molecule has 2 aliphatic rings. The topological polar surface area (TPSA) is 191 Å². The van der Waals surface area contributed by atoms with Crippen LogP contribution >= 0.6 is 23.1 Å². The van der Waals surface area contributed by atoms with Crippen LogP contribution in [0.1, 0.15) is 19.5 Å². The van der Waals surface area contributed by atoms with Crippen LogP contribution in [0, 0.1) is 0 Å². The van der Waals surface area contributed by atoms with Crippen molar-refractivity contribution in [1.82, 2.24) is 15.2 Å². The van der Waals surface area contributed by atoms with Gasteiger partial charge in [0.15, 0.2) is 10.8 Å². The number of carboxylic acids is 1. The van der Waals surface area contributed by atoms with Crippen LogP contribution in [0.2, 0.25) is 0 Å². The van der Waals surface area contributed by atoms with Crippen LogP contribution in [0.4, 0.5) is 5.13 Å². The lowest BCUT2D eigenvalue weighted by molar-refractivity contribution is -0.150. The van der Waals surface area contributed by atoms with Gasteiger partial charge in [0.2, 0.25) is 0 Å². The molecule has 3 rings (SSSR count). The van der Waals surface area contributed by atoms with Crippen molar-refractivity contribution in [3.05, 3.63) is 34.5 Å². The Balaban J connectivity index is 1.77. The molecule has 0 spiro atoms. The highest BCUT2D eigenvalue weighted by molar-refractivity contribution is 8.00. The van der Waals surface area contributed by atoms with E-state index in [-0.39, 0.29) is 34.6 Å². The van der Waals surface area contributed by atoms with Gasteiger partial charge in [-0.3, -0.25) is 19.3 Å². The summed E-state index contributed by atoms with van der Waals surface area (Å²) in [6, 6.07) is -1.04. The molecule has 1 fully saturated rings. The number of aliphatic carboxylic acids is 1. The number of nitrogens with one attached hydrogen (secondary N) is 1. The molecule has 1 aromatic rings. The lowest BCUT2D eigenvalue weighted by Crippen LogP contribution is -2.71. The molecule has 0 saturated carbocycles. The van der Waals surface area contributed by atoms with Crippen molar-refractivity contribution < 1.29 is 38.7 Å². The zero-order valence-electron chi connectivity index (χ0n) is 17.8. The third kappa shape index (κ3) is 5.43. The van der Waals surface area contributed by atoms with Gasteiger partial charge in [0, 0.05) is 25.0 Å². The minimum atomic E-state index is -1.31. The number of carbonyl (C=O) groups excluding carboxylic acids is 4. The van der Waals surface area contributed by atoms with Crippen LogP contribution in [0.15, 0.2) is 34.0 Å². The van der Waals surface area contributed by atoms with Crippen LogP contribution in [0.25, 0.3) is 0 Å². The molecule has 0 radical (unpaired) electrons. The maximum Gasteiger partial charge on any atom is 0.352 e. The number of thiazole rings is 1. The van der Waals surface area contributed by atoms with Gasteiger partial charge in [-0.15, -0.1) is 23.1 Å². The van der Waals surface area contributed by atoms with Crippen molar-refractivity contribution in [3.63, 3.8) is 0 Å². The lowest BCUT2D eigenvalue weighted by atomic mass is 10.0. The first kappa shape index (κ1) is 24.9. The largest absolute Gasteiger partial charge is 0.477 e. The Labute approximate surface area is 200 Å². The minimum Gasteiger partial charge on any atom is -0.477 e. The number of hydrogen-bond donors (Lipinski definition) is 3. The quantitative estimate of drug-likeness (QED) is 0.139. The number of β-lactam (4-membered cyclic amide) rings is 1. The highest BCUT2D eigenvalue weighted by atomic mass is 32.2. The molecule has 2 atom stereocenters. The molecule has 15 heteroatoms. The van der Waals surface area contributed by atoms with Gasteiger partial charge in [-0.2, -0.15) is 0 Å². The molecule has 34 heavy (non-hydrogen) atoms. The average molecular weight is 510 g/mol. The summed E-state index contributed by atoms with van der Waals surface area (Å²) in [7, 11) is 0. The zero-order valence-corrected chi connectivity index (χ0v) is 19.5. The molecule has 0 aromatic carbocycles. The number of oxime groups is 1. The van der Waals surface area contributed by atoms with E-state index in [4.69, 9.17) is 10.5 Å². The second-order valence-electron chi connectivity index (χ2n) is 6.84. The maximum absolute atomic E-state index is 12.8. The second-order valence-corrected chi connectivity index (χ2v) is 8.83.